The van der Waals surface area contributed by atoms with E-state index in [9.17, 15) is 0 Å². The Labute approximate surface area is 135 Å². The molecular formula is C15H13BrClN3O. The zero-order chi connectivity index (χ0) is 14.7. The summed E-state index contributed by atoms with van der Waals surface area (Å²) in [5.41, 5.74) is 2.60. The van der Waals surface area contributed by atoms with E-state index in [1.807, 2.05) is 30.3 Å². The minimum absolute atomic E-state index is 0.611. The first-order chi connectivity index (χ1) is 10.3. The second-order valence-electron chi connectivity index (χ2n) is 4.52. The van der Waals surface area contributed by atoms with Gasteiger partial charge in [0.25, 0.3) is 0 Å². The van der Waals surface area contributed by atoms with Gasteiger partial charge in [-0.25, -0.2) is 9.97 Å². The van der Waals surface area contributed by atoms with Crippen LogP contribution in [0.1, 0.15) is 6.42 Å². The Hall–Kier alpha value is -1.59. The molecule has 3 rings (SSSR count). The molecule has 2 aromatic heterocycles. The number of pyridine rings is 1. The normalized spacial score (nSPS) is 11.0. The Balaban J connectivity index is 1.81. The van der Waals surface area contributed by atoms with E-state index in [4.69, 9.17) is 16.3 Å². The Morgan fingerprint density at radius 3 is 2.81 bits per heavy atom. The number of hydrogen-bond acceptors (Lipinski definition) is 3. The highest BCUT2D eigenvalue weighted by Crippen LogP contribution is 2.23. The molecule has 0 spiro atoms. The first-order valence-corrected chi connectivity index (χ1v) is 7.89. The molecule has 6 heteroatoms. The van der Waals surface area contributed by atoms with Crippen LogP contribution in [0.25, 0.3) is 22.6 Å². The molecule has 0 fully saturated rings. The number of fused-ring (bicyclic) bond motifs is 1. The minimum atomic E-state index is 0.611. The number of aromatic nitrogens is 3. The fourth-order valence-corrected chi connectivity index (χ4v) is 2.39. The van der Waals surface area contributed by atoms with Gasteiger partial charge >= 0.3 is 0 Å². The Kier molecular flexibility index (Phi) is 4.41. The summed E-state index contributed by atoms with van der Waals surface area (Å²) in [6.45, 7) is 0.630. The van der Waals surface area contributed by atoms with Gasteiger partial charge in [0.15, 0.2) is 5.65 Å². The van der Waals surface area contributed by atoms with E-state index in [0.717, 1.165) is 39.2 Å². The van der Waals surface area contributed by atoms with Crippen LogP contribution in [0.4, 0.5) is 0 Å². The molecule has 4 nitrogen and oxygen atoms in total. The lowest BCUT2D eigenvalue weighted by atomic mass is 10.2. The summed E-state index contributed by atoms with van der Waals surface area (Å²) in [6.07, 6.45) is 2.59. The number of hydrogen-bond donors (Lipinski definition) is 1. The summed E-state index contributed by atoms with van der Waals surface area (Å²) >= 11 is 9.02. The van der Waals surface area contributed by atoms with Gasteiger partial charge in [-0.3, -0.25) is 0 Å². The summed E-state index contributed by atoms with van der Waals surface area (Å²) in [5.74, 6) is 2.24. The number of rotatable bonds is 5. The summed E-state index contributed by atoms with van der Waals surface area (Å²) in [4.78, 5) is 12.0. The quantitative estimate of drug-likeness (QED) is 0.538. The van der Waals surface area contributed by atoms with Crippen LogP contribution in [0, 0.1) is 0 Å². The average molecular weight is 367 g/mol. The Morgan fingerprint density at radius 2 is 2.05 bits per heavy atom. The molecule has 0 bridgehead atoms. The van der Waals surface area contributed by atoms with Crippen LogP contribution in [-0.2, 0) is 0 Å². The zero-order valence-electron chi connectivity index (χ0n) is 11.1. The van der Waals surface area contributed by atoms with Crippen molar-refractivity contribution in [2.24, 2.45) is 0 Å². The standard InChI is InChI=1S/C15H13BrClN3O/c16-11-8-13-15(18-9-11)20-14(19-13)10-2-4-12(5-3-10)21-7-1-6-17/h2-5,8-9H,1,6-7H2,(H,18,19,20). The van der Waals surface area contributed by atoms with Crippen LogP contribution in [0.15, 0.2) is 41.0 Å². The molecule has 0 atom stereocenters. The second-order valence-corrected chi connectivity index (χ2v) is 5.82. The van der Waals surface area contributed by atoms with Crippen LogP contribution < -0.4 is 4.74 Å². The van der Waals surface area contributed by atoms with Gasteiger partial charge in [0.05, 0.1) is 6.61 Å². The third kappa shape index (κ3) is 3.36. The topological polar surface area (TPSA) is 50.8 Å². The van der Waals surface area contributed by atoms with Crippen molar-refractivity contribution in [2.75, 3.05) is 12.5 Å². The number of ether oxygens (including phenoxy) is 1. The van der Waals surface area contributed by atoms with Gasteiger partial charge in [-0.1, -0.05) is 0 Å². The molecule has 0 radical (unpaired) electrons. The Morgan fingerprint density at radius 1 is 1.24 bits per heavy atom. The summed E-state index contributed by atoms with van der Waals surface area (Å²) in [5, 5.41) is 0. The molecular weight excluding hydrogens is 354 g/mol. The van der Waals surface area contributed by atoms with Gasteiger partial charge in [0.2, 0.25) is 0 Å². The van der Waals surface area contributed by atoms with Gasteiger partial charge in [-0.15, -0.1) is 11.6 Å². The number of nitrogens with zero attached hydrogens (tertiary/aromatic N) is 2. The smallest absolute Gasteiger partial charge is 0.157 e. The summed E-state index contributed by atoms with van der Waals surface area (Å²) < 4.78 is 6.49. The van der Waals surface area contributed by atoms with Gasteiger partial charge in [-0.2, -0.15) is 0 Å². The third-order valence-corrected chi connectivity index (χ3v) is 3.68. The molecule has 0 saturated carbocycles. The average Bonchev–Trinajstić information content (AvgIpc) is 2.91. The van der Waals surface area contributed by atoms with Gasteiger partial charge in [0, 0.05) is 22.1 Å². The molecule has 0 aliphatic heterocycles. The monoisotopic (exact) mass is 365 g/mol. The molecule has 0 unspecified atom stereocenters. The fraction of sp³-hybridized carbons (Fsp3) is 0.200. The molecule has 1 N–H and O–H groups in total. The van der Waals surface area contributed by atoms with E-state index in [2.05, 4.69) is 30.9 Å². The maximum Gasteiger partial charge on any atom is 0.157 e. The third-order valence-electron chi connectivity index (χ3n) is 2.98. The molecule has 3 aromatic rings. The van der Waals surface area contributed by atoms with Crippen LogP contribution in [0.2, 0.25) is 0 Å². The molecule has 0 amide bonds. The molecule has 108 valence electrons. The highest BCUT2D eigenvalue weighted by molar-refractivity contribution is 9.10. The number of alkyl halides is 1. The van der Waals surface area contributed by atoms with Crippen molar-refractivity contribution in [3.8, 4) is 17.1 Å². The number of H-pyrrole nitrogens is 1. The largest absolute Gasteiger partial charge is 0.494 e. The summed E-state index contributed by atoms with van der Waals surface area (Å²) in [6, 6.07) is 9.75. The van der Waals surface area contributed by atoms with Crippen LogP contribution in [0.5, 0.6) is 5.75 Å². The second kappa shape index (κ2) is 6.45. The molecule has 21 heavy (non-hydrogen) atoms. The number of nitrogens with one attached hydrogen (secondary N) is 1. The number of imidazole rings is 1. The van der Waals surface area contributed by atoms with Gasteiger partial charge < -0.3 is 9.72 Å². The predicted molar refractivity (Wildman–Crippen MR) is 87.9 cm³/mol. The van der Waals surface area contributed by atoms with Crippen molar-refractivity contribution in [3.05, 3.63) is 41.0 Å². The predicted octanol–water partition coefficient (Wildman–Crippen LogP) is 4.40. The lowest BCUT2D eigenvalue weighted by Crippen LogP contribution is -1.97. The molecule has 0 aliphatic carbocycles. The summed E-state index contributed by atoms with van der Waals surface area (Å²) in [7, 11) is 0. The van der Waals surface area contributed by atoms with Crippen molar-refractivity contribution < 1.29 is 4.74 Å². The van der Waals surface area contributed by atoms with Crippen molar-refractivity contribution in [1.82, 2.24) is 15.0 Å². The number of halogens is 2. The van der Waals surface area contributed by atoms with Crippen molar-refractivity contribution in [1.29, 1.82) is 0 Å². The highest BCUT2D eigenvalue weighted by atomic mass is 79.9. The molecule has 0 aliphatic rings. The molecule has 0 saturated heterocycles. The van der Waals surface area contributed by atoms with E-state index in [-0.39, 0.29) is 0 Å². The van der Waals surface area contributed by atoms with Gasteiger partial charge in [-0.05, 0) is 52.7 Å². The van der Waals surface area contributed by atoms with Crippen LogP contribution >= 0.6 is 27.5 Å². The van der Waals surface area contributed by atoms with E-state index < -0.39 is 0 Å². The van der Waals surface area contributed by atoms with E-state index in [1.165, 1.54) is 0 Å². The fourth-order valence-electron chi connectivity index (χ4n) is 1.96. The highest BCUT2D eigenvalue weighted by Gasteiger charge is 2.06. The zero-order valence-corrected chi connectivity index (χ0v) is 13.5. The van der Waals surface area contributed by atoms with E-state index in [0.29, 0.717) is 12.5 Å². The van der Waals surface area contributed by atoms with Crippen molar-refractivity contribution in [3.63, 3.8) is 0 Å². The van der Waals surface area contributed by atoms with Gasteiger partial charge in [0.1, 0.15) is 17.1 Å². The first-order valence-electron chi connectivity index (χ1n) is 6.57. The van der Waals surface area contributed by atoms with Crippen molar-refractivity contribution >= 4 is 38.7 Å². The SMILES string of the molecule is ClCCCOc1ccc(-c2nc3cc(Br)cnc3[nH]2)cc1. The van der Waals surface area contributed by atoms with Crippen LogP contribution in [-0.4, -0.2) is 27.4 Å². The van der Waals surface area contributed by atoms with Crippen LogP contribution in [0.3, 0.4) is 0 Å². The molecule has 1 aromatic carbocycles. The molecule has 2 heterocycles. The Bertz CT molecular complexity index is 742. The first kappa shape index (κ1) is 14.4. The lowest BCUT2D eigenvalue weighted by molar-refractivity contribution is 0.318. The lowest BCUT2D eigenvalue weighted by Gasteiger charge is -2.05. The number of aromatic amines is 1. The minimum Gasteiger partial charge on any atom is -0.494 e. The maximum absolute atomic E-state index is 5.62. The van der Waals surface area contributed by atoms with E-state index in [1.54, 1.807) is 6.20 Å². The van der Waals surface area contributed by atoms with Crippen molar-refractivity contribution in [2.45, 2.75) is 6.42 Å². The maximum atomic E-state index is 5.62. The van der Waals surface area contributed by atoms with E-state index >= 15 is 0 Å². The number of benzene rings is 1.